The molecule has 1 saturated heterocycles. The van der Waals surface area contributed by atoms with Crippen LogP contribution in [-0.4, -0.2) is 42.1 Å². The first-order valence-corrected chi connectivity index (χ1v) is 7.03. The minimum absolute atomic E-state index is 0.0854. The molecule has 0 radical (unpaired) electrons. The molecule has 0 atom stereocenters. The van der Waals surface area contributed by atoms with E-state index >= 15 is 0 Å². The second-order valence-corrected chi connectivity index (χ2v) is 5.89. The lowest BCUT2D eigenvalue weighted by atomic mass is 10.1. The van der Waals surface area contributed by atoms with E-state index in [-0.39, 0.29) is 5.54 Å². The maximum Gasteiger partial charge on any atom is 0.175 e. The average Bonchev–Trinajstić information content (AvgIpc) is 2.78. The highest BCUT2D eigenvalue weighted by Crippen LogP contribution is 2.33. The summed E-state index contributed by atoms with van der Waals surface area (Å²) in [6.45, 7) is 6.58. The fourth-order valence-corrected chi connectivity index (χ4v) is 2.70. The summed E-state index contributed by atoms with van der Waals surface area (Å²) in [5, 5.41) is 3.89. The quantitative estimate of drug-likeness (QED) is 0.801. The largest absolute Gasteiger partial charge is 0.486 e. The van der Waals surface area contributed by atoms with Crippen molar-refractivity contribution in [2.45, 2.75) is 19.4 Å². The fourth-order valence-electron chi connectivity index (χ4n) is 2.28. The molecule has 0 saturated carbocycles. The number of fused-ring (bicyclic) bond motifs is 1. The van der Waals surface area contributed by atoms with Gasteiger partial charge in [-0.1, -0.05) is 0 Å². The molecule has 2 heterocycles. The number of nitrogens with one attached hydrogen (secondary N) is 1. The number of nitrogens with zero attached hydrogens (tertiary/aromatic N) is 1. The molecule has 0 unspecified atom stereocenters. The van der Waals surface area contributed by atoms with Crippen molar-refractivity contribution in [2.24, 2.45) is 0 Å². The van der Waals surface area contributed by atoms with Crippen molar-refractivity contribution in [3.63, 3.8) is 0 Å². The van der Waals surface area contributed by atoms with Gasteiger partial charge in [-0.2, -0.15) is 0 Å². The zero-order chi connectivity index (χ0) is 14.2. The van der Waals surface area contributed by atoms with Crippen molar-refractivity contribution >= 4 is 23.0 Å². The van der Waals surface area contributed by atoms with Crippen molar-refractivity contribution in [3.8, 4) is 11.5 Å². The van der Waals surface area contributed by atoms with Crippen LogP contribution < -0.4 is 14.8 Å². The van der Waals surface area contributed by atoms with Gasteiger partial charge in [-0.15, -0.1) is 0 Å². The summed E-state index contributed by atoms with van der Waals surface area (Å²) >= 11 is 5.46. The highest BCUT2D eigenvalue weighted by molar-refractivity contribution is 7.80. The third kappa shape index (κ3) is 2.53. The zero-order valence-electron chi connectivity index (χ0n) is 11.6. The molecule has 1 N–H and O–H groups in total. The molecule has 1 aromatic carbocycles. The molecular weight excluding hydrogens is 276 g/mol. The Morgan fingerprint density at radius 2 is 2.00 bits per heavy atom. The first kappa shape index (κ1) is 13.5. The summed E-state index contributed by atoms with van der Waals surface area (Å²) in [4.78, 5) is 2.04. The van der Waals surface area contributed by atoms with E-state index in [9.17, 15) is 0 Å². The normalized spacial score (nSPS) is 19.8. The van der Waals surface area contributed by atoms with Crippen LogP contribution in [0.5, 0.6) is 11.5 Å². The van der Waals surface area contributed by atoms with Gasteiger partial charge in [0.25, 0.3) is 0 Å². The van der Waals surface area contributed by atoms with E-state index in [0.29, 0.717) is 31.7 Å². The van der Waals surface area contributed by atoms with Gasteiger partial charge < -0.3 is 24.4 Å². The van der Waals surface area contributed by atoms with E-state index in [1.807, 2.05) is 23.1 Å². The van der Waals surface area contributed by atoms with Crippen LogP contribution in [0.2, 0.25) is 0 Å². The van der Waals surface area contributed by atoms with Crippen LogP contribution in [0.25, 0.3) is 0 Å². The van der Waals surface area contributed by atoms with Crippen LogP contribution >= 0.6 is 12.2 Å². The van der Waals surface area contributed by atoms with Crippen LogP contribution in [0.15, 0.2) is 18.2 Å². The van der Waals surface area contributed by atoms with E-state index < -0.39 is 0 Å². The minimum atomic E-state index is -0.0854. The third-order valence-corrected chi connectivity index (χ3v) is 3.77. The van der Waals surface area contributed by atoms with Gasteiger partial charge in [0.2, 0.25) is 0 Å². The average molecular weight is 294 g/mol. The Kier molecular flexibility index (Phi) is 3.43. The summed E-state index contributed by atoms with van der Waals surface area (Å²) in [6.07, 6.45) is 0. The molecule has 6 heteroatoms. The van der Waals surface area contributed by atoms with Gasteiger partial charge in [0.05, 0.1) is 12.1 Å². The molecule has 0 aliphatic carbocycles. The molecular formula is C14H18N2O3S. The molecule has 0 aromatic heterocycles. The van der Waals surface area contributed by atoms with Gasteiger partial charge in [-0.25, -0.2) is 0 Å². The molecule has 2 aliphatic heterocycles. The van der Waals surface area contributed by atoms with E-state index in [1.54, 1.807) is 0 Å². The number of hydrogen-bond donors (Lipinski definition) is 1. The number of thiocarbonyl (C=S) groups is 1. The zero-order valence-corrected chi connectivity index (χ0v) is 12.5. The highest BCUT2D eigenvalue weighted by Gasteiger charge is 2.34. The maximum atomic E-state index is 5.57. The summed E-state index contributed by atoms with van der Waals surface area (Å²) in [6, 6.07) is 5.74. The van der Waals surface area contributed by atoms with Gasteiger partial charge >= 0.3 is 0 Å². The van der Waals surface area contributed by atoms with Crippen molar-refractivity contribution in [1.29, 1.82) is 0 Å². The Hall–Kier alpha value is -1.53. The van der Waals surface area contributed by atoms with Crippen molar-refractivity contribution in [3.05, 3.63) is 18.2 Å². The predicted molar refractivity (Wildman–Crippen MR) is 80.4 cm³/mol. The first-order chi connectivity index (χ1) is 9.56. The Balaban J connectivity index is 1.73. The maximum absolute atomic E-state index is 5.57. The lowest BCUT2D eigenvalue weighted by Gasteiger charge is -2.31. The second kappa shape index (κ2) is 5.10. The van der Waals surface area contributed by atoms with Crippen LogP contribution in [0.1, 0.15) is 13.8 Å². The molecule has 1 aromatic rings. The van der Waals surface area contributed by atoms with E-state index in [0.717, 1.165) is 17.2 Å². The lowest BCUT2D eigenvalue weighted by Crippen LogP contribution is -2.46. The van der Waals surface area contributed by atoms with Gasteiger partial charge in [0.15, 0.2) is 16.6 Å². The lowest BCUT2D eigenvalue weighted by molar-refractivity contribution is 0.169. The van der Waals surface area contributed by atoms with E-state index in [1.165, 1.54) is 0 Å². The summed E-state index contributed by atoms with van der Waals surface area (Å²) < 4.78 is 16.5. The van der Waals surface area contributed by atoms with Crippen LogP contribution in [0.4, 0.5) is 5.69 Å². The molecule has 0 spiro atoms. The second-order valence-electron chi connectivity index (χ2n) is 5.51. The SMILES string of the molecule is CC1(C)COCN1C(=S)Nc1ccc2c(c1)OCCO2. The summed E-state index contributed by atoms with van der Waals surface area (Å²) in [7, 11) is 0. The van der Waals surface area contributed by atoms with E-state index in [4.69, 9.17) is 26.4 Å². The fraction of sp³-hybridized carbons (Fsp3) is 0.500. The Bertz CT molecular complexity index is 533. The van der Waals surface area contributed by atoms with Crippen LogP contribution in [-0.2, 0) is 4.74 Å². The van der Waals surface area contributed by atoms with Crippen molar-refractivity contribution < 1.29 is 14.2 Å². The third-order valence-electron chi connectivity index (χ3n) is 3.44. The number of anilines is 1. The highest BCUT2D eigenvalue weighted by atomic mass is 32.1. The molecule has 2 aliphatic rings. The molecule has 1 fully saturated rings. The minimum Gasteiger partial charge on any atom is -0.486 e. The predicted octanol–water partition coefficient (Wildman–Crippen LogP) is 2.22. The smallest absolute Gasteiger partial charge is 0.175 e. The van der Waals surface area contributed by atoms with Crippen molar-refractivity contribution in [2.75, 3.05) is 31.9 Å². The number of rotatable bonds is 1. The van der Waals surface area contributed by atoms with Gasteiger partial charge in [0.1, 0.15) is 19.9 Å². The van der Waals surface area contributed by atoms with Crippen molar-refractivity contribution in [1.82, 2.24) is 4.90 Å². The van der Waals surface area contributed by atoms with Gasteiger partial charge in [-0.05, 0) is 38.2 Å². The molecule has 0 bridgehead atoms. The van der Waals surface area contributed by atoms with Gasteiger partial charge in [-0.3, -0.25) is 0 Å². The summed E-state index contributed by atoms with van der Waals surface area (Å²) in [5.74, 6) is 1.53. The Morgan fingerprint density at radius 3 is 2.70 bits per heavy atom. The number of hydrogen-bond acceptors (Lipinski definition) is 4. The molecule has 0 amide bonds. The number of benzene rings is 1. The first-order valence-electron chi connectivity index (χ1n) is 6.62. The molecule has 3 rings (SSSR count). The molecule has 5 nitrogen and oxygen atoms in total. The van der Waals surface area contributed by atoms with Gasteiger partial charge in [0, 0.05) is 11.8 Å². The van der Waals surface area contributed by atoms with Crippen LogP contribution in [0, 0.1) is 0 Å². The summed E-state index contributed by atoms with van der Waals surface area (Å²) in [5.41, 5.74) is 0.805. The Morgan fingerprint density at radius 1 is 1.25 bits per heavy atom. The Labute approximate surface area is 123 Å². The van der Waals surface area contributed by atoms with E-state index in [2.05, 4.69) is 19.2 Å². The monoisotopic (exact) mass is 294 g/mol. The molecule has 20 heavy (non-hydrogen) atoms. The standard InChI is InChI=1S/C14H18N2O3S/c1-14(2)8-17-9-16(14)13(20)15-10-3-4-11-12(7-10)19-6-5-18-11/h3-4,7H,5-6,8-9H2,1-2H3,(H,15,20). The number of ether oxygens (including phenoxy) is 3. The topological polar surface area (TPSA) is 43.0 Å². The van der Waals surface area contributed by atoms with Crippen LogP contribution in [0.3, 0.4) is 0 Å². The molecule has 108 valence electrons.